The van der Waals surface area contributed by atoms with Crippen molar-refractivity contribution in [1.29, 1.82) is 0 Å². The molecule has 2 aromatic heterocycles. The molecule has 0 aliphatic carbocycles. The van der Waals surface area contributed by atoms with Crippen LogP contribution in [0.4, 0.5) is 0 Å². The molecular weight excluding hydrogens is 432 g/mol. The molecule has 0 unspecified atom stereocenters. The molecule has 4 aromatic rings. The molecule has 0 N–H and O–H groups in total. The molecule has 0 bridgehead atoms. The Kier molecular flexibility index (Phi) is 15.4. The quantitative estimate of drug-likeness (QED) is 0.253. The van der Waals surface area contributed by atoms with Gasteiger partial charge in [-0.1, -0.05) is 54.1 Å². The second-order valence-corrected chi connectivity index (χ2v) is 5.20. The van der Waals surface area contributed by atoms with Crippen molar-refractivity contribution < 1.29 is 17.0 Å². The van der Waals surface area contributed by atoms with Crippen LogP contribution in [0.15, 0.2) is 109 Å². The van der Waals surface area contributed by atoms with E-state index in [0.717, 1.165) is 11.3 Å². The van der Waals surface area contributed by atoms with E-state index in [-0.39, 0.29) is 40.0 Å². The van der Waals surface area contributed by atoms with Crippen molar-refractivity contribution in [3.8, 4) is 11.3 Å². The first-order valence-electron chi connectivity index (χ1n) is 7.80. The molecule has 0 saturated carbocycles. The van der Waals surface area contributed by atoms with Crippen LogP contribution in [0.5, 0.6) is 0 Å². The fourth-order valence-corrected chi connectivity index (χ4v) is 1.96. The Morgan fingerprint density at radius 1 is 0.630 bits per heavy atom. The number of benzene rings is 2. The molecular formula is C22H18BrClMgN2. The molecule has 4 rings (SSSR count). The molecule has 0 aliphatic rings. The van der Waals surface area contributed by atoms with Crippen molar-refractivity contribution in [1.82, 2.24) is 9.97 Å². The molecule has 0 spiro atoms. The molecule has 0 aliphatic heterocycles. The molecule has 5 heteroatoms. The fraction of sp³-hybridized carbons (Fsp3) is 0. The first-order valence-corrected chi connectivity index (χ1v) is 8.18. The molecule has 0 amide bonds. The van der Waals surface area contributed by atoms with Gasteiger partial charge in [-0.05, 0) is 24.3 Å². The number of hydrogen-bond donors (Lipinski definition) is 0. The summed E-state index contributed by atoms with van der Waals surface area (Å²) < 4.78 is 0. The van der Waals surface area contributed by atoms with Crippen molar-refractivity contribution in [3.63, 3.8) is 0 Å². The van der Waals surface area contributed by atoms with E-state index in [1.54, 1.807) is 12.3 Å². The smallest absolute Gasteiger partial charge is 1.00 e. The molecule has 0 fully saturated rings. The zero-order valence-corrected chi connectivity index (χ0v) is 18.5. The molecule has 2 aromatic carbocycles. The maximum Gasteiger partial charge on any atom is 2.00 e. The van der Waals surface area contributed by atoms with Crippen molar-refractivity contribution in [2.75, 3.05) is 0 Å². The van der Waals surface area contributed by atoms with E-state index in [9.17, 15) is 0 Å². The van der Waals surface area contributed by atoms with Gasteiger partial charge in [0.2, 0.25) is 0 Å². The van der Waals surface area contributed by atoms with Gasteiger partial charge in [-0.2, -0.15) is 36.4 Å². The number of rotatable bonds is 1. The summed E-state index contributed by atoms with van der Waals surface area (Å²) in [4.78, 5) is 7.99. The normalized spacial score (nSPS) is 8.33. The maximum absolute atomic E-state index is 5.43. The summed E-state index contributed by atoms with van der Waals surface area (Å²) in [5.74, 6) is 0. The van der Waals surface area contributed by atoms with Gasteiger partial charge in [-0.25, -0.2) is 4.98 Å². The van der Waals surface area contributed by atoms with Crippen molar-refractivity contribution in [2.24, 2.45) is 0 Å². The number of nitrogens with zero attached hydrogens (tertiary/aromatic N) is 2. The number of aromatic nitrogens is 2. The van der Waals surface area contributed by atoms with Gasteiger partial charge in [0.1, 0.15) is 5.15 Å². The molecule has 0 atom stereocenters. The van der Waals surface area contributed by atoms with Crippen molar-refractivity contribution in [2.45, 2.75) is 0 Å². The van der Waals surface area contributed by atoms with Gasteiger partial charge in [0, 0.05) is 18.0 Å². The van der Waals surface area contributed by atoms with Crippen LogP contribution in [-0.4, -0.2) is 33.0 Å². The Labute approximate surface area is 192 Å². The second kappa shape index (κ2) is 16.4. The van der Waals surface area contributed by atoms with E-state index in [4.69, 9.17) is 11.6 Å². The zero-order chi connectivity index (χ0) is 17.6. The Bertz CT molecular complexity index is 740. The average Bonchev–Trinajstić information content (AvgIpc) is 2.72. The monoisotopic (exact) mass is 448 g/mol. The average molecular weight is 450 g/mol. The van der Waals surface area contributed by atoms with Gasteiger partial charge in [-0.15, -0.1) is 0 Å². The van der Waals surface area contributed by atoms with E-state index in [1.807, 2.05) is 85.1 Å². The predicted molar refractivity (Wildman–Crippen MR) is 110 cm³/mol. The van der Waals surface area contributed by atoms with Crippen LogP contribution in [0.1, 0.15) is 0 Å². The first kappa shape index (κ1) is 25.3. The van der Waals surface area contributed by atoms with Gasteiger partial charge in [0.25, 0.3) is 0 Å². The Morgan fingerprint density at radius 3 is 1.56 bits per heavy atom. The van der Waals surface area contributed by atoms with E-state index in [0.29, 0.717) is 5.15 Å². The number of halogens is 2. The van der Waals surface area contributed by atoms with Crippen LogP contribution in [0.3, 0.4) is 0 Å². The van der Waals surface area contributed by atoms with Gasteiger partial charge >= 0.3 is 23.1 Å². The Hall–Kier alpha value is -1.72. The van der Waals surface area contributed by atoms with Crippen LogP contribution in [-0.2, 0) is 0 Å². The van der Waals surface area contributed by atoms with Crippen LogP contribution in [0, 0.1) is 6.07 Å². The summed E-state index contributed by atoms with van der Waals surface area (Å²) in [5.41, 5.74) is 2.19. The van der Waals surface area contributed by atoms with Crippen molar-refractivity contribution in [3.05, 3.63) is 121 Å². The van der Waals surface area contributed by atoms with Crippen LogP contribution in [0.25, 0.3) is 11.3 Å². The predicted octanol–water partition coefficient (Wildman–Crippen LogP) is 2.59. The maximum atomic E-state index is 5.43. The van der Waals surface area contributed by atoms with E-state index in [2.05, 4.69) is 28.2 Å². The van der Waals surface area contributed by atoms with Crippen LogP contribution in [0.2, 0.25) is 5.15 Å². The molecule has 0 radical (unpaired) electrons. The Balaban J connectivity index is 0.000000391. The van der Waals surface area contributed by atoms with Gasteiger partial charge in [-0.3, -0.25) is 4.98 Å². The van der Waals surface area contributed by atoms with E-state index < -0.39 is 0 Å². The third-order valence-electron chi connectivity index (χ3n) is 2.97. The third-order valence-corrected chi connectivity index (χ3v) is 3.19. The molecule has 27 heavy (non-hydrogen) atoms. The summed E-state index contributed by atoms with van der Waals surface area (Å²) >= 11 is 5.43. The molecule has 2 heterocycles. The minimum atomic E-state index is 0. The molecule has 132 valence electrons. The second-order valence-electron chi connectivity index (χ2n) is 4.81. The Morgan fingerprint density at radius 2 is 1.19 bits per heavy atom. The number of pyridine rings is 2. The van der Waals surface area contributed by atoms with Crippen LogP contribution < -0.4 is 17.0 Å². The van der Waals surface area contributed by atoms with E-state index >= 15 is 0 Å². The zero-order valence-electron chi connectivity index (χ0n) is 14.7. The van der Waals surface area contributed by atoms with Gasteiger partial charge < -0.3 is 17.0 Å². The fourth-order valence-electron chi connectivity index (χ4n) is 1.83. The summed E-state index contributed by atoms with van der Waals surface area (Å²) in [6.45, 7) is 0. The van der Waals surface area contributed by atoms with E-state index in [1.165, 1.54) is 0 Å². The summed E-state index contributed by atoms with van der Waals surface area (Å²) in [6.07, 6.45) is 3.46. The SMILES string of the molecule is Clc1ccccn1.[Br-].[Mg+2].[c-]1ccccc1.c1ccc(-c2ccccn2)cc1. The van der Waals surface area contributed by atoms with Crippen LogP contribution >= 0.6 is 11.6 Å². The molecule has 0 saturated heterocycles. The minimum absolute atomic E-state index is 0. The first-order chi connectivity index (χ1) is 12.4. The molecule has 2 nitrogen and oxygen atoms in total. The minimum Gasteiger partial charge on any atom is -1.00 e. The van der Waals surface area contributed by atoms with Crippen molar-refractivity contribution >= 4 is 34.7 Å². The topological polar surface area (TPSA) is 25.8 Å². The third kappa shape index (κ3) is 11.6. The number of hydrogen-bond acceptors (Lipinski definition) is 2. The van der Waals surface area contributed by atoms with Gasteiger partial charge in [0.15, 0.2) is 0 Å². The largest absolute Gasteiger partial charge is 2.00 e. The van der Waals surface area contributed by atoms with Gasteiger partial charge in [0.05, 0.1) is 5.69 Å². The summed E-state index contributed by atoms with van der Waals surface area (Å²) in [5, 5.41) is 0.544. The summed E-state index contributed by atoms with van der Waals surface area (Å²) in [6, 6.07) is 34.0. The summed E-state index contributed by atoms with van der Waals surface area (Å²) in [7, 11) is 0. The standard InChI is InChI=1S/C11H9N.C6H5.C5H4ClN.BrH.Mg/c1-2-6-10(7-3-1)11-8-4-5-9-12-11;1-2-4-6-5-3-1;6-5-3-1-2-4-7-5;;/h1-9H;1-5H;1-4H;1H;/q;-1;;;+2/p-1.